The molecule has 0 saturated carbocycles. The van der Waals surface area contributed by atoms with Crippen molar-refractivity contribution >= 4 is 18.0 Å². The van der Waals surface area contributed by atoms with Crippen LogP contribution in [0.1, 0.15) is 18.1 Å². The van der Waals surface area contributed by atoms with E-state index in [0.717, 1.165) is 5.56 Å². The summed E-state index contributed by atoms with van der Waals surface area (Å²) in [6.45, 7) is 1.62. The molecule has 0 radical (unpaired) electrons. The molecule has 0 aliphatic rings. The Kier molecular flexibility index (Phi) is 8.50. The Morgan fingerprint density at radius 1 is 0.966 bits per heavy atom. The Labute approximate surface area is 168 Å². The molecule has 0 unspecified atom stereocenters. The number of alkyl carbamates (subject to hydrolysis) is 1. The third-order valence-electron chi connectivity index (χ3n) is 3.91. The Bertz CT molecular complexity index is 808. The monoisotopic (exact) mass is 400 g/mol. The SMILES string of the molecule is CCOC(=O)CNC(=O)[C@H](Cc1ccc(O)cc1)NC(=O)OCc1ccccc1. The van der Waals surface area contributed by atoms with Crippen molar-refractivity contribution in [1.29, 1.82) is 0 Å². The van der Waals surface area contributed by atoms with Crippen LogP contribution >= 0.6 is 0 Å². The van der Waals surface area contributed by atoms with Gasteiger partial charge in [0, 0.05) is 6.42 Å². The van der Waals surface area contributed by atoms with E-state index >= 15 is 0 Å². The van der Waals surface area contributed by atoms with Gasteiger partial charge in [-0.05, 0) is 30.2 Å². The molecule has 0 aliphatic heterocycles. The van der Waals surface area contributed by atoms with Gasteiger partial charge in [0.05, 0.1) is 6.61 Å². The van der Waals surface area contributed by atoms with Crippen LogP contribution in [0.25, 0.3) is 0 Å². The third-order valence-corrected chi connectivity index (χ3v) is 3.91. The van der Waals surface area contributed by atoms with E-state index in [2.05, 4.69) is 10.6 Å². The maximum Gasteiger partial charge on any atom is 0.408 e. The summed E-state index contributed by atoms with van der Waals surface area (Å²) in [7, 11) is 0. The molecule has 3 N–H and O–H groups in total. The van der Waals surface area contributed by atoms with E-state index in [0.29, 0.717) is 5.56 Å². The molecule has 0 saturated heterocycles. The minimum absolute atomic E-state index is 0.0586. The number of benzene rings is 2. The standard InChI is InChI=1S/C21H24N2O6/c1-2-28-19(25)13-22-20(26)18(12-15-8-10-17(24)11-9-15)23-21(27)29-14-16-6-4-3-5-7-16/h3-11,18,24H,2,12-14H2,1H3,(H,22,26)(H,23,27)/t18-/m0/s1. The predicted molar refractivity (Wildman–Crippen MR) is 105 cm³/mol. The van der Waals surface area contributed by atoms with Gasteiger partial charge in [0.2, 0.25) is 5.91 Å². The van der Waals surface area contributed by atoms with Gasteiger partial charge in [-0.15, -0.1) is 0 Å². The van der Waals surface area contributed by atoms with Gasteiger partial charge in [0.15, 0.2) is 0 Å². The van der Waals surface area contributed by atoms with Gasteiger partial charge in [-0.1, -0.05) is 42.5 Å². The van der Waals surface area contributed by atoms with E-state index < -0.39 is 24.0 Å². The minimum atomic E-state index is -0.975. The van der Waals surface area contributed by atoms with Gasteiger partial charge in [-0.25, -0.2) is 4.79 Å². The maximum absolute atomic E-state index is 12.5. The highest BCUT2D eigenvalue weighted by Gasteiger charge is 2.22. The molecule has 0 aliphatic carbocycles. The summed E-state index contributed by atoms with van der Waals surface area (Å²) in [5.41, 5.74) is 1.52. The molecule has 2 aromatic rings. The average molecular weight is 400 g/mol. The molecule has 0 aromatic heterocycles. The van der Waals surface area contributed by atoms with Crippen molar-refractivity contribution in [1.82, 2.24) is 10.6 Å². The van der Waals surface area contributed by atoms with Gasteiger partial charge < -0.3 is 25.2 Å². The Morgan fingerprint density at radius 3 is 2.31 bits per heavy atom. The summed E-state index contributed by atoms with van der Waals surface area (Å²) in [6.07, 6.45) is -0.612. The van der Waals surface area contributed by atoms with Crippen LogP contribution in [-0.2, 0) is 32.1 Å². The van der Waals surface area contributed by atoms with Gasteiger partial charge in [0.1, 0.15) is 24.9 Å². The lowest BCUT2D eigenvalue weighted by Crippen LogP contribution is -2.49. The minimum Gasteiger partial charge on any atom is -0.508 e. The van der Waals surface area contributed by atoms with Crippen LogP contribution in [0, 0.1) is 0 Å². The fraction of sp³-hybridized carbons (Fsp3) is 0.286. The molecule has 2 rings (SSSR count). The first-order valence-corrected chi connectivity index (χ1v) is 9.16. The molecule has 0 heterocycles. The first kappa shape index (κ1) is 21.7. The smallest absolute Gasteiger partial charge is 0.408 e. The number of carbonyl (C=O) groups is 3. The second kappa shape index (κ2) is 11.3. The fourth-order valence-electron chi connectivity index (χ4n) is 2.48. The number of rotatable bonds is 9. The second-order valence-corrected chi connectivity index (χ2v) is 6.15. The van der Waals surface area contributed by atoms with Crippen molar-refractivity contribution in [2.45, 2.75) is 26.0 Å². The first-order chi connectivity index (χ1) is 14.0. The fourth-order valence-corrected chi connectivity index (χ4v) is 2.48. The predicted octanol–water partition coefficient (Wildman–Crippen LogP) is 1.91. The normalized spacial score (nSPS) is 11.2. The van der Waals surface area contributed by atoms with Crippen LogP contribution in [0.4, 0.5) is 4.79 Å². The molecule has 154 valence electrons. The number of hydrogen-bond acceptors (Lipinski definition) is 6. The van der Waals surface area contributed by atoms with Gasteiger partial charge in [-0.3, -0.25) is 9.59 Å². The summed E-state index contributed by atoms with van der Waals surface area (Å²) >= 11 is 0. The Morgan fingerprint density at radius 2 is 1.66 bits per heavy atom. The zero-order valence-electron chi connectivity index (χ0n) is 16.1. The highest BCUT2D eigenvalue weighted by Crippen LogP contribution is 2.12. The van der Waals surface area contributed by atoms with Gasteiger partial charge in [0.25, 0.3) is 0 Å². The van der Waals surface area contributed by atoms with E-state index in [1.54, 1.807) is 19.1 Å². The van der Waals surface area contributed by atoms with E-state index in [1.807, 2.05) is 30.3 Å². The molecule has 1 atom stereocenters. The van der Waals surface area contributed by atoms with Crippen molar-refractivity contribution < 1.29 is 29.0 Å². The van der Waals surface area contributed by atoms with Gasteiger partial charge in [-0.2, -0.15) is 0 Å². The summed E-state index contributed by atoms with van der Waals surface area (Å²) in [6, 6.07) is 14.4. The van der Waals surface area contributed by atoms with Crippen molar-refractivity contribution in [3.05, 3.63) is 65.7 Å². The largest absolute Gasteiger partial charge is 0.508 e. The lowest BCUT2D eigenvalue weighted by Gasteiger charge is -2.18. The van der Waals surface area contributed by atoms with E-state index in [1.165, 1.54) is 12.1 Å². The zero-order chi connectivity index (χ0) is 21.1. The molecule has 8 nitrogen and oxygen atoms in total. The highest BCUT2D eigenvalue weighted by atomic mass is 16.5. The van der Waals surface area contributed by atoms with Crippen molar-refractivity contribution in [3.63, 3.8) is 0 Å². The molecule has 2 aromatic carbocycles. The second-order valence-electron chi connectivity index (χ2n) is 6.15. The summed E-state index contributed by atoms with van der Waals surface area (Å²) < 4.78 is 9.95. The topological polar surface area (TPSA) is 114 Å². The average Bonchev–Trinajstić information content (AvgIpc) is 2.72. The molecule has 0 bridgehead atoms. The lowest BCUT2D eigenvalue weighted by atomic mass is 10.1. The number of phenols is 1. The number of phenolic OH excluding ortho intramolecular Hbond substituents is 1. The molecular weight excluding hydrogens is 376 g/mol. The van der Waals surface area contributed by atoms with Crippen molar-refractivity contribution in [2.24, 2.45) is 0 Å². The first-order valence-electron chi connectivity index (χ1n) is 9.16. The van der Waals surface area contributed by atoms with Crippen molar-refractivity contribution in [2.75, 3.05) is 13.2 Å². The van der Waals surface area contributed by atoms with Crippen LogP contribution in [0.3, 0.4) is 0 Å². The molecule has 8 heteroatoms. The number of aromatic hydroxyl groups is 1. The molecule has 0 fully saturated rings. The summed E-state index contributed by atoms with van der Waals surface area (Å²) in [5.74, 6) is -1.04. The quantitative estimate of drug-likeness (QED) is 0.554. The number of amides is 2. The number of hydrogen-bond donors (Lipinski definition) is 3. The van der Waals surface area contributed by atoms with Gasteiger partial charge >= 0.3 is 12.1 Å². The van der Waals surface area contributed by atoms with E-state index in [9.17, 15) is 19.5 Å². The van der Waals surface area contributed by atoms with E-state index in [-0.39, 0.29) is 31.9 Å². The van der Waals surface area contributed by atoms with Crippen LogP contribution < -0.4 is 10.6 Å². The molecular formula is C21H24N2O6. The Hall–Kier alpha value is -3.55. The molecule has 0 spiro atoms. The number of carbonyl (C=O) groups excluding carboxylic acids is 3. The lowest BCUT2D eigenvalue weighted by molar-refractivity contribution is -0.143. The highest BCUT2D eigenvalue weighted by molar-refractivity contribution is 5.88. The number of ether oxygens (including phenoxy) is 2. The van der Waals surface area contributed by atoms with Crippen LogP contribution in [-0.4, -0.2) is 42.3 Å². The van der Waals surface area contributed by atoms with Crippen LogP contribution in [0.5, 0.6) is 5.75 Å². The zero-order valence-corrected chi connectivity index (χ0v) is 16.1. The number of nitrogens with one attached hydrogen (secondary N) is 2. The Balaban J connectivity index is 1.98. The molecule has 2 amide bonds. The van der Waals surface area contributed by atoms with E-state index in [4.69, 9.17) is 9.47 Å². The van der Waals surface area contributed by atoms with Crippen LogP contribution in [0.15, 0.2) is 54.6 Å². The van der Waals surface area contributed by atoms with Crippen molar-refractivity contribution in [3.8, 4) is 5.75 Å². The number of esters is 1. The summed E-state index contributed by atoms with van der Waals surface area (Å²) in [4.78, 5) is 36.1. The van der Waals surface area contributed by atoms with Crippen LogP contribution in [0.2, 0.25) is 0 Å². The summed E-state index contributed by atoms with van der Waals surface area (Å²) in [5, 5.41) is 14.4. The maximum atomic E-state index is 12.5. The molecule has 29 heavy (non-hydrogen) atoms. The third kappa shape index (κ3) is 7.92.